The monoisotopic (exact) mass is 382 g/mol. The van der Waals surface area contributed by atoms with Crippen molar-refractivity contribution in [3.63, 3.8) is 0 Å². The molecule has 1 atom stereocenters. The molecule has 2 heterocycles. The number of hydrogen-bond acceptors (Lipinski definition) is 4. The van der Waals surface area contributed by atoms with Gasteiger partial charge in [0, 0.05) is 33.2 Å². The summed E-state index contributed by atoms with van der Waals surface area (Å²) in [6.07, 6.45) is 3.92. The molecule has 0 saturated heterocycles. The lowest BCUT2D eigenvalue weighted by Crippen LogP contribution is -2.41. The fourth-order valence-corrected chi connectivity index (χ4v) is 4.43. The van der Waals surface area contributed by atoms with Crippen LogP contribution in [0, 0.1) is 0 Å². The van der Waals surface area contributed by atoms with Crippen molar-refractivity contribution in [1.29, 1.82) is 0 Å². The van der Waals surface area contributed by atoms with Crippen LogP contribution in [0.5, 0.6) is 0 Å². The molecule has 150 valence electrons. The van der Waals surface area contributed by atoms with Crippen molar-refractivity contribution in [1.82, 2.24) is 19.6 Å². The van der Waals surface area contributed by atoms with Crippen LogP contribution < -0.4 is 0 Å². The number of nitrogens with zero attached hydrogens (tertiary/aromatic N) is 4. The van der Waals surface area contributed by atoms with Gasteiger partial charge in [-0.1, -0.05) is 24.3 Å². The lowest BCUT2D eigenvalue weighted by atomic mass is 10.0. The molecule has 0 spiro atoms. The number of benzene rings is 1. The number of carbonyl (C=O) groups is 1. The molecule has 28 heavy (non-hydrogen) atoms. The molecule has 1 N–H and O–H groups in total. The first kappa shape index (κ1) is 19.2. The van der Waals surface area contributed by atoms with Crippen LogP contribution in [-0.4, -0.2) is 57.3 Å². The maximum Gasteiger partial charge on any atom is 0.225 e. The molecule has 1 aliphatic heterocycles. The molecule has 1 unspecified atom stereocenters. The summed E-state index contributed by atoms with van der Waals surface area (Å²) in [5.74, 6) is -0.0851. The van der Waals surface area contributed by atoms with E-state index in [0.717, 1.165) is 38.2 Å². The smallest absolute Gasteiger partial charge is 0.225 e. The summed E-state index contributed by atoms with van der Waals surface area (Å²) in [5.41, 5.74) is 4.76. The molecule has 6 nitrogen and oxygen atoms in total. The van der Waals surface area contributed by atoms with Crippen molar-refractivity contribution >= 4 is 5.91 Å². The summed E-state index contributed by atoms with van der Waals surface area (Å²) in [7, 11) is 3.41. The van der Waals surface area contributed by atoms with Crippen LogP contribution in [0.4, 0.5) is 0 Å². The van der Waals surface area contributed by atoms with Gasteiger partial charge in [-0.3, -0.25) is 14.4 Å². The van der Waals surface area contributed by atoms with Gasteiger partial charge in [0.25, 0.3) is 0 Å². The minimum Gasteiger partial charge on any atom is -0.386 e. The first-order chi connectivity index (χ1) is 13.5. The van der Waals surface area contributed by atoms with Crippen molar-refractivity contribution in [2.75, 3.05) is 20.6 Å². The van der Waals surface area contributed by atoms with Gasteiger partial charge in [0.2, 0.25) is 5.91 Å². The number of amides is 1. The van der Waals surface area contributed by atoms with Gasteiger partial charge in [-0.15, -0.1) is 0 Å². The number of aryl methyl sites for hydroxylation is 2. The third kappa shape index (κ3) is 3.98. The van der Waals surface area contributed by atoms with Crippen LogP contribution in [0.3, 0.4) is 0 Å². The molecule has 0 radical (unpaired) electrons. The summed E-state index contributed by atoms with van der Waals surface area (Å²) < 4.78 is 2.00. The summed E-state index contributed by atoms with van der Waals surface area (Å²) >= 11 is 0. The Morgan fingerprint density at radius 3 is 2.54 bits per heavy atom. The first-order valence-corrected chi connectivity index (χ1v) is 10.3. The van der Waals surface area contributed by atoms with E-state index in [1.807, 2.05) is 10.7 Å². The summed E-state index contributed by atoms with van der Waals surface area (Å²) in [5, 5.41) is 15.0. The summed E-state index contributed by atoms with van der Waals surface area (Å²) in [6.45, 7) is 2.69. The first-order valence-electron chi connectivity index (χ1n) is 10.3. The number of aromatic nitrogens is 2. The van der Waals surface area contributed by atoms with Gasteiger partial charge >= 0.3 is 0 Å². The lowest BCUT2D eigenvalue weighted by Gasteiger charge is -2.34. The van der Waals surface area contributed by atoms with Gasteiger partial charge in [-0.25, -0.2) is 0 Å². The molecule has 4 rings (SSSR count). The fraction of sp³-hybridized carbons (Fsp3) is 0.545. The van der Waals surface area contributed by atoms with Gasteiger partial charge in [0.05, 0.1) is 24.4 Å². The zero-order valence-electron chi connectivity index (χ0n) is 16.8. The highest BCUT2D eigenvalue weighted by Crippen LogP contribution is 2.27. The van der Waals surface area contributed by atoms with Gasteiger partial charge < -0.3 is 10.0 Å². The number of aliphatic hydroxyl groups is 1. The molecular weight excluding hydrogens is 352 g/mol. The number of fused-ring (bicyclic) bond motifs is 2. The number of rotatable bonds is 4. The predicted molar refractivity (Wildman–Crippen MR) is 108 cm³/mol. The summed E-state index contributed by atoms with van der Waals surface area (Å²) in [6, 6.07) is 11.4. The van der Waals surface area contributed by atoms with Crippen molar-refractivity contribution in [2.24, 2.45) is 0 Å². The second kappa shape index (κ2) is 8.05. The minimum absolute atomic E-state index is 0.0774. The molecular formula is C22H30N4O2. The Labute approximate surface area is 166 Å². The Morgan fingerprint density at radius 2 is 1.89 bits per heavy atom. The van der Waals surface area contributed by atoms with E-state index in [1.54, 1.807) is 14.1 Å². The fourth-order valence-electron chi connectivity index (χ4n) is 4.43. The molecule has 2 aliphatic rings. The third-order valence-corrected chi connectivity index (χ3v) is 6.18. The van der Waals surface area contributed by atoms with E-state index >= 15 is 0 Å². The van der Waals surface area contributed by atoms with Crippen molar-refractivity contribution in [3.8, 4) is 0 Å². The van der Waals surface area contributed by atoms with E-state index in [4.69, 9.17) is 0 Å². The maximum absolute atomic E-state index is 11.9. The number of hydrogen-bond donors (Lipinski definition) is 1. The second-order valence-electron chi connectivity index (χ2n) is 8.26. The molecule has 1 aliphatic carbocycles. The van der Waals surface area contributed by atoms with Crippen LogP contribution in [0.1, 0.15) is 47.9 Å². The lowest BCUT2D eigenvalue weighted by molar-refractivity contribution is -0.130. The topological polar surface area (TPSA) is 61.6 Å². The second-order valence-corrected chi connectivity index (χ2v) is 8.26. The van der Waals surface area contributed by atoms with E-state index < -0.39 is 6.10 Å². The van der Waals surface area contributed by atoms with Gasteiger partial charge in [0.15, 0.2) is 0 Å². The normalized spacial score (nSPS) is 18.8. The van der Waals surface area contributed by atoms with Crippen LogP contribution in [0.2, 0.25) is 0 Å². The van der Waals surface area contributed by atoms with Gasteiger partial charge in [0.1, 0.15) is 6.10 Å². The largest absolute Gasteiger partial charge is 0.386 e. The van der Waals surface area contributed by atoms with Crippen LogP contribution in [0.25, 0.3) is 0 Å². The Morgan fingerprint density at radius 1 is 1.21 bits per heavy atom. The van der Waals surface area contributed by atoms with Crippen molar-refractivity contribution in [2.45, 2.75) is 57.3 Å². The highest BCUT2D eigenvalue weighted by molar-refractivity contribution is 5.76. The Balaban J connectivity index is 1.41. The van der Waals surface area contributed by atoms with Crippen molar-refractivity contribution < 1.29 is 9.90 Å². The van der Waals surface area contributed by atoms with E-state index in [9.17, 15) is 9.90 Å². The zero-order valence-corrected chi connectivity index (χ0v) is 16.8. The van der Waals surface area contributed by atoms with E-state index in [2.05, 4.69) is 34.3 Å². The quantitative estimate of drug-likeness (QED) is 0.823. The Bertz CT molecular complexity index is 818. The maximum atomic E-state index is 11.9. The van der Waals surface area contributed by atoms with Crippen LogP contribution in [0.15, 0.2) is 30.3 Å². The standard InChI is InChI=1S/C22H30N4O2/c1-24(2)22(28)14-21(27)20-13-19-15-25(11-12-26(19)23-20)18-9-7-16-5-3-4-6-17(16)8-10-18/h3-6,13,18,21,27H,7-12,14-15H2,1-2H3. The summed E-state index contributed by atoms with van der Waals surface area (Å²) in [4.78, 5) is 16.0. The zero-order chi connectivity index (χ0) is 19.7. The average molecular weight is 383 g/mol. The molecule has 0 bridgehead atoms. The Hall–Kier alpha value is -2.18. The highest BCUT2D eigenvalue weighted by Gasteiger charge is 2.28. The average Bonchev–Trinajstić information content (AvgIpc) is 3.00. The SMILES string of the molecule is CN(C)C(=O)CC(O)c1cc2n(n1)CCN(C1CCc3ccccc3CC1)C2. The molecule has 2 aromatic rings. The van der Waals surface area contributed by atoms with Crippen molar-refractivity contribution in [3.05, 3.63) is 52.8 Å². The Kier molecular flexibility index (Phi) is 5.51. The van der Waals surface area contributed by atoms with E-state index in [1.165, 1.54) is 28.9 Å². The van der Waals surface area contributed by atoms with Gasteiger partial charge in [-0.05, 0) is 42.9 Å². The molecule has 1 amide bonds. The van der Waals surface area contributed by atoms with Crippen LogP contribution in [-0.2, 0) is 30.7 Å². The molecule has 0 saturated carbocycles. The predicted octanol–water partition coefficient (Wildman–Crippen LogP) is 2.16. The van der Waals surface area contributed by atoms with E-state index in [0.29, 0.717) is 11.7 Å². The molecule has 1 aromatic heterocycles. The van der Waals surface area contributed by atoms with E-state index in [-0.39, 0.29) is 12.3 Å². The third-order valence-electron chi connectivity index (χ3n) is 6.18. The van der Waals surface area contributed by atoms with Gasteiger partial charge in [-0.2, -0.15) is 5.10 Å². The highest BCUT2D eigenvalue weighted by atomic mass is 16.3. The molecule has 6 heteroatoms. The molecule has 0 fully saturated rings. The number of aliphatic hydroxyl groups excluding tert-OH is 1. The molecule has 1 aromatic carbocycles. The minimum atomic E-state index is -0.839. The number of carbonyl (C=O) groups excluding carboxylic acids is 1. The van der Waals surface area contributed by atoms with Crippen LogP contribution >= 0.6 is 0 Å².